The van der Waals surface area contributed by atoms with Gasteiger partial charge < -0.3 is 15.7 Å². The molecular weight excluding hydrogens is 364 g/mol. The molecule has 0 unspecified atom stereocenters. The number of carbonyl (C=O) groups excluding carboxylic acids is 1. The van der Waals surface area contributed by atoms with E-state index in [0.29, 0.717) is 20.9 Å². The van der Waals surface area contributed by atoms with Crippen LogP contribution in [0.25, 0.3) is 0 Å². The summed E-state index contributed by atoms with van der Waals surface area (Å²) in [5, 5.41) is 18.1. The molecule has 7 nitrogen and oxygen atoms in total. The predicted molar refractivity (Wildman–Crippen MR) is 81.7 cm³/mol. The van der Waals surface area contributed by atoms with Gasteiger partial charge in [0.2, 0.25) is 0 Å². The first-order valence-electron chi connectivity index (χ1n) is 5.71. The minimum Gasteiger partial charge on any atom is -0.480 e. The van der Waals surface area contributed by atoms with Crippen LogP contribution in [0.3, 0.4) is 0 Å². The van der Waals surface area contributed by atoms with Crippen molar-refractivity contribution in [3.05, 3.63) is 40.1 Å². The minimum atomic E-state index is -1.01. The Morgan fingerprint density at radius 1 is 1.33 bits per heavy atom. The molecule has 2 amide bonds. The second-order valence-corrected chi connectivity index (χ2v) is 5.29. The number of benzene rings is 1. The molecule has 0 radical (unpaired) electrons. The fourth-order valence-electron chi connectivity index (χ4n) is 1.52. The van der Waals surface area contributed by atoms with Gasteiger partial charge in [-0.05, 0) is 34.1 Å². The van der Waals surface area contributed by atoms with Crippen LogP contribution in [0, 0.1) is 0 Å². The molecule has 2 rings (SSSR count). The summed E-state index contributed by atoms with van der Waals surface area (Å²) in [5.74, 6) is -1.01. The Bertz CT molecular complexity index is 689. The van der Waals surface area contributed by atoms with Gasteiger partial charge in [0.1, 0.15) is 6.54 Å². The van der Waals surface area contributed by atoms with Crippen LogP contribution in [0.4, 0.5) is 16.2 Å². The van der Waals surface area contributed by atoms with E-state index in [9.17, 15) is 9.59 Å². The molecule has 1 heterocycles. The van der Waals surface area contributed by atoms with Gasteiger partial charge in [-0.1, -0.05) is 11.6 Å². The van der Waals surface area contributed by atoms with E-state index in [1.54, 1.807) is 18.2 Å². The van der Waals surface area contributed by atoms with E-state index < -0.39 is 12.0 Å². The Morgan fingerprint density at radius 2 is 2.05 bits per heavy atom. The van der Waals surface area contributed by atoms with E-state index in [2.05, 4.69) is 31.7 Å². The third kappa shape index (κ3) is 4.47. The highest BCUT2D eigenvalue weighted by Gasteiger charge is 2.07. The first-order chi connectivity index (χ1) is 9.94. The molecule has 0 aliphatic heterocycles. The van der Waals surface area contributed by atoms with E-state index in [0.717, 1.165) is 0 Å². The molecule has 0 saturated heterocycles. The molecule has 0 fully saturated rings. The second-order valence-electron chi connectivity index (χ2n) is 4.03. The van der Waals surface area contributed by atoms with E-state index >= 15 is 0 Å². The Morgan fingerprint density at radius 3 is 2.71 bits per heavy atom. The molecule has 1 aromatic heterocycles. The monoisotopic (exact) mass is 372 g/mol. The number of amides is 2. The number of urea groups is 1. The quantitative estimate of drug-likeness (QED) is 0.767. The lowest BCUT2D eigenvalue weighted by molar-refractivity contribution is -0.137. The largest absolute Gasteiger partial charge is 0.480 e. The Balaban J connectivity index is 1.96. The SMILES string of the molecule is O=C(O)Cn1cc(NC(=O)Nc2ccc(Cl)c(Br)c2)cn1. The topological polar surface area (TPSA) is 96.2 Å². The number of rotatable bonds is 4. The summed E-state index contributed by atoms with van der Waals surface area (Å²) in [6.45, 7) is -0.270. The molecule has 21 heavy (non-hydrogen) atoms. The number of aliphatic carboxylic acids is 1. The van der Waals surface area contributed by atoms with Crippen molar-refractivity contribution < 1.29 is 14.7 Å². The van der Waals surface area contributed by atoms with Crippen LogP contribution in [-0.4, -0.2) is 26.9 Å². The van der Waals surface area contributed by atoms with Gasteiger partial charge in [-0.15, -0.1) is 0 Å². The van der Waals surface area contributed by atoms with Gasteiger partial charge >= 0.3 is 12.0 Å². The zero-order chi connectivity index (χ0) is 15.4. The molecule has 0 bridgehead atoms. The van der Waals surface area contributed by atoms with Crippen molar-refractivity contribution in [2.45, 2.75) is 6.54 Å². The lowest BCUT2D eigenvalue weighted by Gasteiger charge is -2.06. The van der Waals surface area contributed by atoms with Crippen LogP contribution < -0.4 is 10.6 Å². The maximum atomic E-state index is 11.8. The zero-order valence-corrected chi connectivity index (χ0v) is 12.8. The highest BCUT2D eigenvalue weighted by molar-refractivity contribution is 9.10. The van der Waals surface area contributed by atoms with E-state index in [4.69, 9.17) is 16.7 Å². The van der Waals surface area contributed by atoms with Gasteiger partial charge in [0, 0.05) is 16.4 Å². The van der Waals surface area contributed by atoms with Crippen LogP contribution in [-0.2, 0) is 11.3 Å². The zero-order valence-electron chi connectivity index (χ0n) is 10.5. The number of carboxylic acids is 1. The number of anilines is 2. The summed E-state index contributed by atoms with van der Waals surface area (Å²) < 4.78 is 1.87. The maximum absolute atomic E-state index is 11.8. The van der Waals surface area contributed by atoms with E-state index in [-0.39, 0.29) is 6.54 Å². The van der Waals surface area contributed by atoms with Crippen molar-refractivity contribution in [1.29, 1.82) is 0 Å². The van der Waals surface area contributed by atoms with Gasteiger partial charge in [0.05, 0.1) is 16.9 Å². The molecule has 0 aliphatic rings. The van der Waals surface area contributed by atoms with Crippen LogP contribution >= 0.6 is 27.5 Å². The number of aromatic nitrogens is 2. The molecule has 3 N–H and O–H groups in total. The van der Waals surface area contributed by atoms with Crippen molar-refractivity contribution in [2.24, 2.45) is 0 Å². The van der Waals surface area contributed by atoms with E-state index in [1.165, 1.54) is 17.1 Å². The highest BCUT2D eigenvalue weighted by atomic mass is 79.9. The average molecular weight is 374 g/mol. The molecule has 2 aromatic rings. The Hall–Kier alpha value is -2.06. The molecule has 0 aliphatic carbocycles. The molecule has 0 atom stereocenters. The van der Waals surface area contributed by atoms with Crippen LogP contribution in [0.1, 0.15) is 0 Å². The molecule has 9 heteroatoms. The lowest BCUT2D eigenvalue weighted by atomic mass is 10.3. The van der Waals surface area contributed by atoms with Crippen molar-refractivity contribution in [3.63, 3.8) is 0 Å². The predicted octanol–water partition coefficient (Wildman–Crippen LogP) is 3.03. The number of nitrogens with zero attached hydrogens (tertiary/aromatic N) is 2. The van der Waals surface area contributed by atoms with Crippen molar-refractivity contribution in [3.8, 4) is 0 Å². The van der Waals surface area contributed by atoms with Gasteiger partial charge in [-0.25, -0.2) is 4.79 Å². The Kier molecular flexibility index (Phi) is 4.81. The summed E-state index contributed by atoms with van der Waals surface area (Å²) >= 11 is 9.11. The summed E-state index contributed by atoms with van der Waals surface area (Å²) in [7, 11) is 0. The smallest absolute Gasteiger partial charge is 0.325 e. The number of nitrogens with one attached hydrogen (secondary N) is 2. The lowest BCUT2D eigenvalue weighted by Crippen LogP contribution is -2.19. The van der Waals surface area contributed by atoms with Gasteiger partial charge in [0.15, 0.2) is 0 Å². The third-order valence-electron chi connectivity index (χ3n) is 2.37. The normalized spacial score (nSPS) is 10.2. The number of carboxylic acid groups (broad SMARTS) is 1. The van der Waals surface area contributed by atoms with Crippen LogP contribution in [0.15, 0.2) is 35.1 Å². The van der Waals surface area contributed by atoms with Gasteiger partial charge in [0.25, 0.3) is 0 Å². The van der Waals surface area contributed by atoms with Gasteiger partial charge in [-0.2, -0.15) is 5.10 Å². The van der Waals surface area contributed by atoms with Crippen LogP contribution in [0.5, 0.6) is 0 Å². The standard InChI is InChI=1S/C12H10BrClN4O3/c13-9-3-7(1-2-10(9)14)16-12(21)17-8-4-15-18(5-8)6-11(19)20/h1-5H,6H2,(H,19,20)(H2,16,17,21). The number of hydrogen-bond acceptors (Lipinski definition) is 3. The van der Waals surface area contributed by atoms with Gasteiger partial charge in [-0.3, -0.25) is 9.48 Å². The minimum absolute atomic E-state index is 0.270. The third-order valence-corrected chi connectivity index (χ3v) is 3.58. The Labute approximate surface area is 133 Å². The molecule has 0 saturated carbocycles. The first kappa shape index (κ1) is 15.3. The fourth-order valence-corrected chi connectivity index (χ4v) is 2.02. The molecule has 110 valence electrons. The number of halogens is 2. The number of carbonyl (C=O) groups is 2. The molecule has 1 aromatic carbocycles. The summed E-state index contributed by atoms with van der Waals surface area (Å²) in [4.78, 5) is 22.3. The number of hydrogen-bond donors (Lipinski definition) is 3. The maximum Gasteiger partial charge on any atom is 0.325 e. The summed E-state index contributed by atoms with van der Waals surface area (Å²) in [5.41, 5.74) is 0.948. The summed E-state index contributed by atoms with van der Waals surface area (Å²) in [6.07, 6.45) is 2.78. The molecule has 0 spiro atoms. The fraction of sp³-hybridized carbons (Fsp3) is 0.0833. The second kappa shape index (κ2) is 6.59. The van der Waals surface area contributed by atoms with Crippen molar-refractivity contribution in [1.82, 2.24) is 9.78 Å². The van der Waals surface area contributed by atoms with Crippen molar-refractivity contribution >= 4 is 50.9 Å². The molecular formula is C12H10BrClN4O3. The van der Waals surface area contributed by atoms with Crippen LogP contribution in [0.2, 0.25) is 5.02 Å². The summed E-state index contributed by atoms with van der Waals surface area (Å²) in [6, 6.07) is 4.49. The first-order valence-corrected chi connectivity index (χ1v) is 6.88. The van der Waals surface area contributed by atoms with E-state index in [1.807, 2.05) is 0 Å². The average Bonchev–Trinajstić information content (AvgIpc) is 2.80. The highest BCUT2D eigenvalue weighted by Crippen LogP contribution is 2.25. The van der Waals surface area contributed by atoms with Crippen molar-refractivity contribution in [2.75, 3.05) is 10.6 Å².